The third-order valence-electron chi connectivity index (χ3n) is 2.71. The number of rotatable bonds is 1. The van der Waals surface area contributed by atoms with Crippen LogP contribution in [0.1, 0.15) is 24.2 Å². The van der Waals surface area contributed by atoms with Gasteiger partial charge in [-0.3, -0.25) is 9.78 Å². The first kappa shape index (κ1) is 12.8. The molecule has 0 spiro atoms. The van der Waals surface area contributed by atoms with Gasteiger partial charge in [0.2, 0.25) is 0 Å². The number of hydrogen-bond acceptors (Lipinski definition) is 3. The van der Waals surface area contributed by atoms with Crippen molar-refractivity contribution in [3.05, 3.63) is 27.6 Å². The Morgan fingerprint density at radius 3 is 2.71 bits per heavy atom. The van der Waals surface area contributed by atoms with Crippen LogP contribution in [0.5, 0.6) is 0 Å². The lowest BCUT2D eigenvalue weighted by molar-refractivity contribution is -0.0586. The van der Waals surface area contributed by atoms with Crippen LogP contribution in [0.25, 0.3) is 0 Å². The Bertz CT molecular complexity index is 415. The molecule has 0 bridgehead atoms. The van der Waals surface area contributed by atoms with Crippen molar-refractivity contribution in [3.63, 3.8) is 0 Å². The van der Waals surface area contributed by atoms with Crippen molar-refractivity contribution in [1.82, 2.24) is 9.88 Å². The van der Waals surface area contributed by atoms with Crippen LogP contribution in [-0.4, -0.2) is 41.1 Å². The van der Waals surface area contributed by atoms with Crippen molar-refractivity contribution in [2.45, 2.75) is 26.1 Å². The SMILES string of the molecule is C[C@@H]1CN(C(=O)c2ccncc2I)C[C@H](C)O1. The highest BCUT2D eigenvalue weighted by Gasteiger charge is 2.27. The second-order valence-corrected chi connectivity index (χ2v) is 5.49. The van der Waals surface area contributed by atoms with Crippen molar-refractivity contribution in [1.29, 1.82) is 0 Å². The number of aromatic nitrogens is 1. The maximum absolute atomic E-state index is 12.3. The molecule has 1 aliphatic rings. The van der Waals surface area contributed by atoms with Crippen LogP contribution in [-0.2, 0) is 4.74 Å². The molecule has 92 valence electrons. The number of amides is 1. The van der Waals surface area contributed by atoms with Gasteiger partial charge in [-0.05, 0) is 42.5 Å². The number of halogens is 1. The largest absolute Gasteiger partial charge is 0.372 e. The van der Waals surface area contributed by atoms with Crippen LogP contribution in [0.4, 0.5) is 0 Å². The third-order valence-corrected chi connectivity index (χ3v) is 3.57. The van der Waals surface area contributed by atoms with Crippen LogP contribution in [0.15, 0.2) is 18.5 Å². The molecule has 5 heteroatoms. The summed E-state index contributed by atoms with van der Waals surface area (Å²) in [5.41, 5.74) is 0.724. The average Bonchev–Trinajstić information content (AvgIpc) is 2.27. The summed E-state index contributed by atoms with van der Waals surface area (Å²) in [5, 5.41) is 0. The normalized spacial score (nSPS) is 24.8. The van der Waals surface area contributed by atoms with E-state index in [0.717, 1.165) is 9.13 Å². The van der Waals surface area contributed by atoms with Gasteiger partial charge in [-0.2, -0.15) is 0 Å². The highest BCUT2D eigenvalue weighted by atomic mass is 127. The number of carbonyl (C=O) groups excluding carboxylic acids is 1. The lowest BCUT2D eigenvalue weighted by atomic mass is 10.2. The Hall–Kier alpha value is -0.690. The first-order chi connectivity index (χ1) is 8.08. The summed E-state index contributed by atoms with van der Waals surface area (Å²) in [6, 6.07) is 1.77. The molecular formula is C12H15IN2O2. The van der Waals surface area contributed by atoms with Crippen molar-refractivity contribution < 1.29 is 9.53 Å². The fraction of sp³-hybridized carbons (Fsp3) is 0.500. The Morgan fingerprint density at radius 2 is 2.12 bits per heavy atom. The van der Waals surface area contributed by atoms with Gasteiger partial charge in [0.05, 0.1) is 17.8 Å². The molecule has 0 aliphatic carbocycles. The molecule has 2 heterocycles. The van der Waals surface area contributed by atoms with Crippen molar-refractivity contribution >= 4 is 28.5 Å². The standard InChI is InChI=1S/C12H15IN2O2/c1-8-6-15(7-9(2)17-8)12(16)10-3-4-14-5-11(10)13/h3-5,8-9H,6-7H2,1-2H3/t8-,9+. The highest BCUT2D eigenvalue weighted by Crippen LogP contribution is 2.17. The van der Waals surface area contributed by atoms with E-state index < -0.39 is 0 Å². The second-order valence-electron chi connectivity index (χ2n) is 4.32. The quantitative estimate of drug-likeness (QED) is 0.730. The molecule has 1 fully saturated rings. The maximum atomic E-state index is 12.3. The average molecular weight is 346 g/mol. The summed E-state index contributed by atoms with van der Waals surface area (Å²) in [6.07, 6.45) is 3.56. The third kappa shape index (κ3) is 2.95. The molecular weight excluding hydrogens is 331 g/mol. The molecule has 1 aromatic heterocycles. The second kappa shape index (κ2) is 5.30. The van der Waals surface area contributed by atoms with Gasteiger partial charge in [0.1, 0.15) is 0 Å². The van der Waals surface area contributed by atoms with Crippen molar-refractivity contribution in [2.24, 2.45) is 0 Å². The minimum absolute atomic E-state index is 0.0683. The zero-order valence-corrected chi connectivity index (χ0v) is 12.0. The minimum atomic E-state index is 0.0683. The van der Waals surface area contributed by atoms with E-state index in [-0.39, 0.29) is 18.1 Å². The van der Waals surface area contributed by atoms with Crippen LogP contribution >= 0.6 is 22.6 Å². The number of morpholine rings is 1. The van der Waals surface area contributed by atoms with E-state index in [1.54, 1.807) is 18.5 Å². The zero-order chi connectivity index (χ0) is 12.4. The van der Waals surface area contributed by atoms with E-state index in [9.17, 15) is 4.79 Å². The van der Waals surface area contributed by atoms with Gasteiger partial charge in [-0.25, -0.2) is 0 Å². The van der Waals surface area contributed by atoms with Crippen LogP contribution < -0.4 is 0 Å². The van der Waals surface area contributed by atoms with Crippen LogP contribution in [0.3, 0.4) is 0 Å². The van der Waals surface area contributed by atoms with Gasteiger partial charge >= 0.3 is 0 Å². The summed E-state index contributed by atoms with van der Waals surface area (Å²) in [4.78, 5) is 18.2. The summed E-state index contributed by atoms with van der Waals surface area (Å²) >= 11 is 2.14. The summed E-state index contributed by atoms with van der Waals surface area (Å²) in [5.74, 6) is 0.0683. The first-order valence-electron chi connectivity index (χ1n) is 5.62. The lowest BCUT2D eigenvalue weighted by Gasteiger charge is -2.35. The highest BCUT2D eigenvalue weighted by molar-refractivity contribution is 14.1. The predicted octanol–water partition coefficient (Wildman–Crippen LogP) is 1.94. The molecule has 17 heavy (non-hydrogen) atoms. The van der Waals surface area contributed by atoms with Crippen molar-refractivity contribution in [2.75, 3.05) is 13.1 Å². The Kier molecular flexibility index (Phi) is 3.98. The summed E-state index contributed by atoms with van der Waals surface area (Å²) in [6.45, 7) is 5.30. The molecule has 2 rings (SSSR count). The number of hydrogen-bond donors (Lipinski definition) is 0. The molecule has 0 radical (unpaired) electrons. The molecule has 1 saturated heterocycles. The topological polar surface area (TPSA) is 42.4 Å². The van der Waals surface area contributed by atoms with E-state index in [0.29, 0.717) is 13.1 Å². The fourth-order valence-corrected chi connectivity index (χ4v) is 2.63. The predicted molar refractivity (Wildman–Crippen MR) is 72.9 cm³/mol. The smallest absolute Gasteiger partial charge is 0.255 e. The minimum Gasteiger partial charge on any atom is -0.372 e. The molecule has 1 aliphatic heterocycles. The fourth-order valence-electron chi connectivity index (χ4n) is 2.06. The lowest BCUT2D eigenvalue weighted by Crippen LogP contribution is -2.48. The molecule has 4 nitrogen and oxygen atoms in total. The number of pyridine rings is 1. The molecule has 2 atom stereocenters. The van der Waals surface area contributed by atoms with Crippen LogP contribution in [0.2, 0.25) is 0 Å². The Balaban J connectivity index is 2.17. The molecule has 1 aromatic rings. The zero-order valence-electron chi connectivity index (χ0n) is 9.89. The van der Waals surface area contributed by atoms with Gasteiger partial charge in [0, 0.05) is 29.1 Å². The molecule has 0 N–H and O–H groups in total. The number of carbonyl (C=O) groups is 1. The van der Waals surface area contributed by atoms with E-state index in [1.165, 1.54) is 0 Å². The van der Waals surface area contributed by atoms with Crippen LogP contribution in [0, 0.1) is 3.57 Å². The molecule has 0 saturated carbocycles. The number of nitrogens with zero attached hydrogens (tertiary/aromatic N) is 2. The Morgan fingerprint density at radius 1 is 1.47 bits per heavy atom. The van der Waals surface area contributed by atoms with Gasteiger partial charge in [-0.15, -0.1) is 0 Å². The van der Waals surface area contributed by atoms with Crippen molar-refractivity contribution in [3.8, 4) is 0 Å². The van der Waals surface area contributed by atoms with E-state index in [1.807, 2.05) is 18.7 Å². The van der Waals surface area contributed by atoms with Gasteiger partial charge in [-0.1, -0.05) is 0 Å². The van der Waals surface area contributed by atoms with Gasteiger partial charge in [0.25, 0.3) is 5.91 Å². The Labute approximate surface area is 114 Å². The monoisotopic (exact) mass is 346 g/mol. The molecule has 0 unspecified atom stereocenters. The van der Waals surface area contributed by atoms with E-state index >= 15 is 0 Å². The van der Waals surface area contributed by atoms with E-state index in [2.05, 4.69) is 27.6 Å². The maximum Gasteiger partial charge on any atom is 0.255 e. The molecule has 1 amide bonds. The number of ether oxygens (including phenoxy) is 1. The summed E-state index contributed by atoms with van der Waals surface area (Å²) in [7, 11) is 0. The summed E-state index contributed by atoms with van der Waals surface area (Å²) < 4.78 is 6.52. The van der Waals surface area contributed by atoms with E-state index in [4.69, 9.17) is 4.74 Å². The van der Waals surface area contributed by atoms with Gasteiger partial charge in [0.15, 0.2) is 0 Å². The first-order valence-corrected chi connectivity index (χ1v) is 6.70. The molecule has 0 aromatic carbocycles. The van der Waals surface area contributed by atoms with Gasteiger partial charge < -0.3 is 9.64 Å².